The molecule has 0 unspecified atom stereocenters. The molecule has 15 heavy (non-hydrogen) atoms. The topological polar surface area (TPSA) is 25.8 Å². The van der Waals surface area contributed by atoms with E-state index in [1.807, 2.05) is 30.3 Å². The summed E-state index contributed by atoms with van der Waals surface area (Å²) in [6.45, 7) is 0. The van der Waals surface area contributed by atoms with Crippen molar-refractivity contribution in [3.8, 4) is 0 Å². The molecule has 72 valence electrons. The lowest BCUT2D eigenvalue weighted by atomic mass is 10.1. The summed E-state index contributed by atoms with van der Waals surface area (Å²) in [5.74, 6) is 0. The molecule has 0 saturated heterocycles. The first-order valence-electron chi connectivity index (χ1n) is 4.64. The van der Waals surface area contributed by atoms with Crippen LogP contribution in [-0.4, -0.2) is 9.97 Å². The summed E-state index contributed by atoms with van der Waals surface area (Å²) < 4.78 is 0. The fourth-order valence-electron chi connectivity index (χ4n) is 1.73. The Balaban J connectivity index is 2.55. The maximum atomic E-state index is 5.80. The molecule has 0 N–H and O–H groups in total. The van der Waals surface area contributed by atoms with Crippen LogP contribution in [0.1, 0.15) is 0 Å². The molecule has 0 aliphatic rings. The molecule has 0 saturated carbocycles. The predicted octanol–water partition coefficient (Wildman–Crippen LogP) is 3.44. The third kappa shape index (κ3) is 1.34. The first-order chi connectivity index (χ1) is 7.34. The van der Waals surface area contributed by atoms with Gasteiger partial charge < -0.3 is 0 Å². The van der Waals surface area contributed by atoms with Crippen LogP contribution >= 0.6 is 11.6 Å². The van der Waals surface area contributed by atoms with Crippen molar-refractivity contribution < 1.29 is 0 Å². The molecule has 1 heterocycles. The van der Waals surface area contributed by atoms with E-state index in [4.69, 9.17) is 11.6 Å². The highest BCUT2D eigenvalue weighted by atomic mass is 35.5. The van der Waals surface area contributed by atoms with Gasteiger partial charge in [-0.15, -0.1) is 0 Å². The van der Waals surface area contributed by atoms with Crippen molar-refractivity contribution in [1.29, 1.82) is 0 Å². The number of hydrogen-bond acceptors (Lipinski definition) is 2. The maximum Gasteiger partial charge on any atom is 0.148 e. The Hall–Kier alpha value is -1.67. The Morgan fingerprint density at radius 1 is 1.00 bits per heavy atom. The molecule has 0 aliphatic heterocycles. The first-order valence-corrected chi connectivity index (χ1v) is 5.02. The van der Waals surface area contributed by atoms with Gasteiger partial charge in [-0.2, -0.15) is 0 Å². The average molecular weight is 215 g/mol. The second-order valence-electron chi connectivity index (χ2n) is 3.35. The minimum absolute atomic E-state index is 0.429. The van der Waals surface area contributed by atoms with Crippen LogP contribution in [0.2, 0.25) is 5.15 Å². The Morgan fingerprint density at radius 2 is 1.87 bits per heavy atom. The van der Waals surface area contributed by atoms with Gasteiger partial charge in [-0.1, -0.05) is 41.9 Å². The van der Waals surface area contributed by atoms with Gasteiger partial charge >= 0.3 is 0 Å². The first kappa shape index (κ1) is 8.62. The smallest absolute Gasteiger partial charge is 0.148 e. The van der Waals surface area contributed by atoms with Gasteiger partial charge in [0.15, 0.2) is 0 Å². The molecule has 0 spiro atoms. The van der Waals surface area contributed by atoms with Crippen molar-refractivity contribution in [1.82, 2.24) is 9.97 Å². The summed E-state index contributed by atoms with van der Waals surface area (Å²) in [5.41, 5.74) is 1.73. The van der Waals surface area contributed by atoms with Crippen molar-refractivity contribution in [3.05, 3.63) is 47.7 Å². The second kappa shape index (κ2) is 3.17. The Labute approximate surface area is 91.5 Å². The largest absolute Gasteiger partial charge is 0.251 e. The number of benzene rings is 2. The highest BCUT2D eigenvalue weighted by molar-refractivity contribution is 6.29. The normalized spacial score (nSPS) is 11.0. The van der Waals surface area contributed by atoms with E-state index in [2.05, 4.69) is 16.0 Å². The fraction of sp³-hybridized carbons (Fsp3) is 0. The lowest BCUT2D eigenvalue weighted by Gasteiger charge is -2.01. The summed E-state index contributed by atoms with van der Waals surface area (Å²) in [7, 11) is 0. The second-order valence-corrected chi connectivity index (χ2v) is 3.73. The summed E-state index contributed by atoms with van der Waals surface area (Å²) >= 11 is 5.80. The zero-order valence-electron chi connectivity index (χ0n) is 7.81. The molecular weight excluding hydrogens is 208 g/mol. The predicted molar refractivity (Wildman–Crippen MR) is 62.1 cm³/mol. The lowest BCUT2D eigenvalue weighted by molar-refractivity contribution is 1.30. The number of fused-ring (bicyclic) bond motifs is 3. The molecular formula is C12H7ClN2. The molecule has 3 heteroatoms. The highest BCUT2D eigenvalue weighted by Gasteiger charge is 2.02. The van der Waals surface area contributed by atoms with Gasteiger partial charge in [0.2, 0.25) is 0 Å². The third-order valence-electron chi connectivity index (χ3n) is 2.41. The van der Waals surface area contributed by atoms with E-state index in [0.717, 1.165) is 16.4 Å². The summed E-state index contributed by atoms with van der Waals surface area (Å²) in [6, 6.07) is 12.1. The van der Waals surface area contributed by atoms with Crippen LogP contribution in [0.15, 0.2) is 42.6 Å². The lowest BCUT2D eigenvalue weighted by Crippen LogP contribution is -1.85. The Morgan fingerprint density at radius 3 is 2.80 bits per heavy atom. The highest BCUT2D eigenvalue weighted by Crippen LogP contribution is 2.22. The number of rotatable bonds is 0. The number of nitrogens with zero attached hydrogens (tertiary/aromatic N) is 2. The van der Waals surface area contributed by atoms with Crippen molar-refractivity contribution in [3.63, 3.8) is 0 Å². The fourth-order valence-corrected chi connectivity index (χ4v) is 1.87. The van der Waals surface area contributed by atoms with E-state index in [0.29, 0.717) is 5.15 Å². The zero-order valence-corrected chi connectivity index (χ0v) is 8.57. The van der Waals surface area contributed by atoms with Crippen LogP contribution in [0.25, 0.3) is 21.8 Å². The van der Waals surface area contributed by atoms with Crippen LogP contribution in [0, 0.1) is 0 Å². The van der Waals surface area contributed by atoms with Crippen molar-refractivity contribution in [2.75, 3.05) is 0 Å². The summed E-state index contributed by atoms with van der Waals surface area (Å²) in [4.78, 5) is 8.54. The van der Waals surface area contributed by atoms with E-state index >= 15 is 0 Å². The van der Waals surface area contributed by atoms with Gasteiger partial charge in [0.1, 0.15) is 5.15 Å². The van der Waals surface area contributed by atoms with E-state index < -0.39 is 0 Å². The number of halogens is 1. The maximum absolute atomic E-state index is 5.80. The van der Waals surface area contributed by atoms with Crippen LogP contribution in [-0.2, 0) is 0 Å². The van der Waals surface area contributed by atoms with Crippen molar-refractivity contribution in [2.45, 2.75) is 0 Å². The van der Waals surface area contributed by atoms with Crippen LogP contribution in [0.3, 0.4) is 0 Å². The van der Waals surface area contributed by atoms with Crippen LogP contribution in [0.4, 0.5) is 0 Å². The average Bonchev–Trinajstić information content (AvgIpc) is 2.28. The molecule has 3 aromatic rings. The minimum Gasteiger partial charge on any atom is -0.251 e. The monoisotopic (exact) mass is 214 g/mol. The van der Waals surface area contributed by atoms with Gasteiger partial charge in [0.25, 0.3) is 0 Å². The number of hydrogen-bond donors (Lipinski definition) is 0. The standard InChI is InChI=1S/C12H7ClN2/c13-11-7-14-12-9-4-2-1-3-8(9)5-6-10(12)15-11/h1-7H. The molecule has 0 fully saturated rings. The molecule has 0 aliphatic carbocycles. The van der Waals surface area contributed by atoms with Crippen LogP contribution < -0.4 is 0 Å². The van der Waals surface area contributed by atoms with Gasteiger partial charge in [-0.05, 0) is 11.5 Å². The van der Waals surface area contributed by atoms with Gasteiger partial charge in [0, 0.05) is 5.39 Å². The van der Waals surface area contributed by atoms with Crippen molar-refractivity contribution >= 4 is 33.4 Å². The third-order valence-corrected chi connectivity index (χ3v) is 2.59. The summed E-state index contributed by atoms with van der Waals surface area (Å²) in [5, 5.41) is 2.71. The summed E-state index contributed by atoms with van der Waals surface area (Å²) in [6.07, 6.45) is 1.58. The molecule has 2 aromatic carbocycles. The quantitative estimate of drug-likeness (QED) is 0.536. The molecule has 0 radical (unpaired) electrons. The number of aromatic nitrogens is 2. The van der Waals surface area contributed by atoms with E-state index in [9.17, 15) is 0 Å². The van der Waals surface area contributed by atoms with Gasteiger partial charge in [0.05, 0.1) is 17.2 Å². The van der Waals surface area contributed by atoms with Gasteiger partial charge in [-0.25, -0.2) is 4.98 Å². The Bertz CT molecular complexity index is 649. The minimum atomic E-state index is 0.429. The molecule has 0 atom stereocenters. The van der Waals surface area contributed by atoms with Crippen LogP contribution in [0.5, 0.6) is 0 Å². The van der Waals surface area contributed by atoms with E-state index in [1.165, 1.54) is 5.39 Å². The van der Waals surface area contributed by atoms with E-state index in [-0.39, 0.29) is 0 Å². The molecule has 1 aromatic heterocycles. The SMILES string of the molecule is Clc1cnc2c(ccc3ccccc32)n1. The molecule has 2 nitrogen and oxygen atoms in total. The zero-order chi connectivity index (χ0) is 10.3. The van der Waals surface area contributed by atoms with E-state index in [1.54, 1.807) is 6.20 Å². The molecule has 3 rings (SSSR count). The van der Waals surface area contributed by atoms with Crippen molar-refractivity contribution in [2.24, 2.45) is 0 Å². The molecule has 0 bridgehead atoms. The van der Waals surface area contributed by atoms with Gasteiger partial charge in [-0.3, -0.25) is 4.98 Å². The Kier molecular flexibility index (Phi) is 1.82. The molecule has 0 amide bonds.